The van der Waals surface area contributed by atoms with Crippen LogP contribution in [0, 0.1) is 0 Å². The maximum absolute atomic E-state index is 6.03. The number of nitrogens with one attached hydrogen (secondary N) is 1. The molecule has 0 saturated heterocycles. The van der Waals surface area contributed by atoms with Gasteiger partial charge in [0.05, 0.1) is 17.7 Å². The molecule has 21 heavy (non-hydrogen) atoms. The molecule has 108 valence electrons. The number of H-pyrrole nitrogens is 1. The molecule has 0 radical (unpaired) electrons. The Bertz CT molecular complexity index is 786. The van der Waals surface area contributed by atoms with Crippen molar-refractivity contribution in [3.63, 3.8) is 0 Å². The SMILES string of the molecule is CCCOc1cc(Cl)nc2[nH]cc(-c3ccnc(N)n3)c12. The summed E-state index contributed by atoms with van der Waals surface area (Å²) in [5.41, 5.74) is 7.87. The number of fused-ring (bicyclic) bond motifs is 1. The summed E-state index contributed by atoms with van der Waals surface area (Å²) >= 11 is 6.03. The van der Waals surface area contributed by atoms with Gasteiger partial charge < -0.3 is 15.5 Å². The second kappa shape index (κ2) is 5.57. The zero-order valence-corrected chi connectivity index (χ0v) is 12.2. The third kappa shape index (κ3) is 2.62. The van der Waals surface area contributed by atoms with Crippen molar-refractivity contribution >= 4 is 28.6 Å². The van der Waals surface area contributed by atoms with Crippen LogP contribution < -0.4 is 10.5 Å². The first-order chi connectivity index (χ1) is 10.2. The lowest BCUT2D eigenvalue weighted by Crippen LogP contribution is -1.98. The summed E-state index contributed by atoms with van der Waals surface area (Å²) < 4.78 is 5.78. The normalized spacial score (nSPS) is 11.0. The van der Waals surface area contributed by atoms with Gasteiger partial charge in [0.2, 0.25) is 5.95 Å². The number of anilines is 1. The molecule has 3 aromatic heterocycles. The molecule has 6 nitrogen and oxygen atoms in total. The lowest BCUT2D eigenvalue weighted by molar-refractivity contribution is 0.321. The number of hydrogen-bond donors (Lipinski definition) is 2. The van der Waals surface area contributed by atoms with E-state index < -0.39 is 0 Å². The monoisotopic (exact) mass is 303 g/mol. The molecule has 0 saturated carbocycles. The van der Waals surface area contributed by atoms with Crippen molar-refractivity contribution < 1.29 is 4.74 Å². The maximum Gasteiger partial charge on any atom is 0.220 e. The Balaban J connectivity index is 2.19. The summed E-state index contributed by atoms with van der Waals surface area (Å²) in [4.78, 5) is 15.5. The van der Waals surface area contributed by atoms with Crippen LogP contribution in [0.25, 0.3) is 22.3 Å². The molecule has 0 atom stereocenters. The number of aromatic nitrogens is 4. The summed E-state index contributed by atoms with van der Waals surface area (Å²) in [7, 11) is 0. The van der Waals surface area contributed by atoms with Crippen molar-refractivity contribution in [1.29, 1.82) is 0 Å². The first-order valence-electron chi connectivity index (χ1n) is 6.58. The largest absolute Gasteiger partial charge is 0.493 e. The Morgan fingerprint density at radius 1 is 1.38 bits per heavy atom. The lowest BCUT2D eigenvalue weighted by Gasteiger charge is -2.08. The van der Waals surface area contributed by atoms with Gasteiger partial charge in [-0.15, -0.1) is 0 Å². The van der Waals surface area contributed by atoms with Crippen molar-refractivity contribution in [3.8, 4) is 17.0 Å². The minimum Gasteiger partial charge on any atom is -0.493 e. The summed E-state index contributed by atoms with van der Waals surface area (Å²) in [5, 5.41) is 1.22. The van der Waals surface area contributed by atoms with E-state index in [1.165, 1.54) is 0 Å². The molecular formula is C14H14ClN5O. The average molecular weight is 304 g/mol. The van der Waals surface area contributed by atoms with Crippen molar-refractivity contribution in [2.75, 3.05) is 12.3 Å². The molecule has 0 aliphatic rings. The van der Waals surface area contributed by atoms with Crippen LogP contribution in [0.1, 0.15) is 13.3 Å². The van der Waals surface area contributed by atoms with Gasteiger partial charge in [0.25, 0.3) is 0 Å². The zero-order valence-electron chi connectivity index (χ0n) is 11.4. The van der Waals surface area contributed by atoms with Crippen molar-refractivity contribution in [2.24, 2.45) is 0 Å². The molecule has 0 fully saturated rings. The van der Waals surface area contributed by atoms with Crippen LogP contribution in [0.3, 0.4) is 0 Å². The van der Waals surface area contributed by atoms with Crippen molar-refractivity contribution in [3.05, 3.63) is 29.7 Å². The van der Waals surface area contributed by atoms with Crippen LogP contribution in [-0.2, 0) is 0 Å². The first kappa shape index (κ1) is 13.6. The van der Waals surface area contributed by atoms with Crippen LogP contribution in [0.15, 0.2) is 24.5 Å². The molecule has 7 heteroatoms. The van der Waals surface area contributed by atoms with Gasteiger partial charge in [0, 0.05) is 24.0 Å². The molecule has 3 heterocycles. The van der Waals surface area contributed by atoms with Gasteiger partial charge in [-0.1, -0.05) is 18.5 Å². The van der Waals surface area contributed by atoms with E-state index in [-0.39, 0.29) is 5.95 Å². The highest BCUT2D eigenvalue weighted by Crippen LogP contribution is 2.35. The zero-order chi connectivity index (χ0) is 14.8. The molecule has 0 aromatic carbocycles. The highest BCUT2D eigenvalue weighted by Gasteiger charge is 2.15. The fourth-order valence-electron chi connectivity index (χ4n) is 2.12. The fraction of sp³-hybridized carbons (Fsp3) is 0.214. The van der Waals surface area contributed by atoms with Gasteiger partial charge in [-0.2, -0.15) is 0 Å². The Morgan fingerprint density at radius 2 is 2.24 bits per heavy atom. The van der Waals surface area contributed by atoms with Gasteiger partial charge in [0.1, 0.15) is 16.5 Å². The highest BCUT2D eigenvalue weighted by molar-refractivity contribution is 6.30. The molecule has 0 unspecified atom stereocenters. The number of nitrogens with zero attached hydrogens (tertiary/aromatic N) is 3. The van der Waals surface area contributed by atoms with Crippen molar-refractivity contribution in [1.82, 2.24) is 19.9 Å². The van der Waals surface area contributed by atoms with E-state index in [0.717, 1.165) is 17.4 Å². The quantitative estimate of drug-likeness (QED) is 0.723. The molecule has 0 spiro atoms. The standard InChI is InChI=1S/C14H14ClN5O/c1-2-5-21-10-6-11(15)20-13-12(10)8(7-18-13)9-3-4-17-14(16)19-9/h3-4,6-7H,2,5H2,1H3,(H,18,20)(H2,16,17,19). The lowest BCUT2D eigenvalue weighted by atomic mass is 10.1. The Morgan fingerprint density at radius 3 is 3.00 bits per heavy atom. The minimum atomic E-state index is 0.222. The van der Waals surface area contributed by atoms with E-state index >= 15 is 0 Å². The molecule has 0 bridgehead atoms. The first-order valence-corrected chi connectivity index (χ1v) is 6.96. The van der Waals surface area contributed by atoms with E-state index in [1.54, 1.807) is 18.3 Å². The average Bonchev–Trinajstić information content (AvgIpc) is 2.88. The number of nitrogens with two attached hydrogens (primary N) is 1. The smallest absolute Gasteiger partial charge is 0.220 e. The Labute approximate surface area is 126 Å². The molecular weight excluding hydrogens is 290 g/mol. The van der Waals surface area contributed by atoms with E-state index in [1.807, 2.05) is 13.1 Å². The van der Waals surface area contributed by atoms with Crippen LogP contribution >= 0.6 is 11.6 Å². The van der Waals surface area contributed by atoms with E-state index in [0.29, 0.717) is 28.9 Å². The molecule has 0 aliphatic heterocycles. The predicted molar refractivity (Wildman–Crippen MR) is 82.3 cm³/mol. The Kier molecular flexibility index (Phi) is 3.62. The van der Waals surface area contributed by atoms with Crippen LogP contribution in [0.2, 0.25) is 5.15 Å². The number of pyridine rings is 1. The second-order valence-electron chi connectivity index (χ2n) is 4.52. The number of halogens is 1. The van der Waals surface area contributed by atoms with Crippen molar-refractivity contribution in [2.45, 2.75) is 13.3 Å². The Hall–Kier alpha value is -2.34. The van der Waals surface area contributed by atoms with Gasteiger partial charge in [0.15, 0.2) is 0 Å². The van der Waals surface area contributed by atoms with E-state index in [9.17, 15) is 0 Å². The molecule has 0 aliphatic carbocycles. The van der Waals surface area contributed by atoms with Gasteiger partial charge in [-0.05, 0) is 12.5 Å². The van der Waals surface area contributed by atoms with E-state index in [2.05, 4.69) is 19.9 Å². The van der Waals surface area contributed by atoms with Crippen LogP contribution in [0.4, 0.5) is 5.95 Å². The maximum atomic E-state index is 6.03. The van der Waals surface area contributed by atoms with Gasteiger partial charge in [-0.25, -0.2) is 15.0 Å². The number of nitrogen functional groups attached to an aromatic ring is 1. The van der Waals surface area contributed by atoms with Crippen LogP contribution in [-0.4, -0.2) is 26.5 Å². The highest BCUT2D eigenvalue weighted by atomic mass is 35.5. The van der Waals surface area contributed by atoms with E-state index in [4.69, 9.17) is 22.1 Å². The summed E-state index contributed by atoms with van der Waals surface area (Å²) in [5.74, 6) is 0.903. The third-order valence-electron chi connectivity index (χ3n) is 2.99. The number of hydrogen-bond acceptors (Lipinski definition) is 5. The minimum absolute atomic E-state index is 0.222. The van der Waals surface area contributed by atoms with Gasteiger partial charge >= 0.3 is 0 Å². The fourth-order valence-corrected chi connectivity index (χ4v) is 2.30. The third-order valence-corrected chi connectivity index (χ3v) is 3.18. The van der Waals surface area contributed by atoms with Gasteiger partial charge in [-0.3, -0.25) is 0 Å². The molecule has 3 rings (SSSR count). The number of aromatic amines is 1. The summed E-state index contributed by atoms with van der Waals surface area (Å²) in [6, 6.07) is 3.50. The summed E-state index contributed by atoms with van der Waals surface area (Å²) in [6.07, 6.45) is 4.34. The second-order valence-corrected chi connectivity index (χ2v) is 4.90. The molecule has 3 aromatic rings. The molecule has 0 amide bonds. The van der Waals surface area contributed by atoms with Crippen LogP contribution in [0.5, 0.6) is 5.75 Å². The number of ether oxygens (including phenoxy) is 1. The topological polar surface area (TPSA) is 89.7 Å². The number of rotatable bonds is 4. The molecule has 3 N–H and O–H groups in total. The predicted octanol–water partition coefficient (Wildman–Crippen LogP) is 3.04. The summed E-state index contributed by atoms with van der Waals surface area (Å²) in [6.45, 7) is 2.65.